The van der Waals surface area contributed by atoms with E-state index >= 15 is 0 Å². The number of amides is 4. The van der Waals surface area contributed by atoms with Crippen LogP contribution in [0.1, 0.15) is 135 Å². The molecule has 29 heteroatoms. The number of anilines is 1. The number of fused-ring (bicyclic) bond motifs is 2. The fraction of sp³-hybridized carbons (Fsp3) is 0.440. The van der Waals surface area contributed by atoms with Gasteiger partial charge in [0.25, 0.3) is 18.3 Å². The van der Waals surface area contributed by atoms with Crippen molar-refractivity contribution in [1.82, 2.24) is 49.8 Å². The SMILES string of the molecule is CCN(CC)CC.CCOC(=O)n1nc2c(c1NC(=O)c1ccc(F)cc1)CN(C(=O)Cl)C2(C)C.CN1CCC(O)(c2ccccc2)C1.CN1CCC(O)(c2ccccc2)C1.CN1CCC(OC(=O)N2CC3C(NC(=O)c4ccc(F)cc4)=NN=C3C2(C)C)(c2ccccc2)C1.CO.O=CO.OC1(c2ccccc2)CCNC1. The third-order valence-corrected chi connectivity index (χ3v) is 21.2. The van der Waals surface area contributed by atoms with Crippen molar-refractivity contribution >= 4 is 64.8 Å². The molecule has 7 aliphatic rings. The highest BCUT2D eigenvalue weighted by Crippen LogP contribution is 2.44. The summed E-state index contributed by atoms with van der Waals surface area (Å²) in [7, 11) is 7.10. The minimum atomic E-state index is -0.888. The van der Waals surface area contributed by atoms with Gasteiger partial charge < -0.3 is 75.5 Å². The molecule has 5 fully saturated rings. The summed E-state index contributed by atoms with van der Waals surface area (Å²) in [6.07, 6.45) is 2.01. The maximum absolute atomic E-state index is 13.6. The lowest BCUT2D eigenvalue weighted by atomic mass is 9.92. The van der Waals surface area contributed by atoms with E-state index in [1.54, 1.807) is 25.7 Å². The molecule has 5 unspecified atom stereocenters. The fourth-order valence-electron chi connectivity index (χ4n) is 14.5. The second-order valence-electron chi connectivity index (χ2n) is 29.3. The van der Waals surface area contributed by atoms with Crippen LogP contribution in [-0.2, 0) is 48.8 Å². The first-order valence-electron chi connectivity index (χ1n) is 37.8. The van der Waals surface area contributed by atoms with Crippen LogP contribution >= 0.6 is 11.6 Å². The number of carbonyl (C=O) groups excluding carboxylic acids is 5. The van der Waals surface area contributed by atoms with Gasteiger partial charge in [-0.05, 0) is 184 Å². The molecule has 1 aromatic heterocycles. The number of benzene rings is 6. The largest absolute Gasteiger partial charge is 0.483 e. The minimum absolute atomic E-state index is 0.0586. The molecule has 14 rings (SSSR count). The van der Waals surface area contributed by atoms with E-state index in [0.29, 0.717) is 47.9 Å². The summed E-state index contributed by atoms with van der Waals surface area (Å²) in [4.78, 5) is 83.2. The Balaban J connectivity index is 0.000000200. The van der Waals surface area contributed by atoms with Crippen LogP contribution in [0.25, 0.3) is 0 Å². The van der Waals surface area contributed by atoms with Gasteiger partial charge in [-0.25, -0.2) is 18.4 Å². The van der Waals surface area contributed by atoms with Gasteiger partial charge in [-0.3, -0.25) is 24.1 Å². The first kappa shape index (κ1) is 90.5. The van der Waals surface area contributed by atoms with Crippen LogP contribution in [0.5, 0.6) is 0 Å². The molecule has 0 spiro atoms. The first-order chi connectivity index (χ1) is 53.8. The summed E-state index contributed by atoms with van der Waals surface area (Å²) in [6.45, 7) is 25.7. The van der Waals surface area contributed by atoms with Crippen molar-refractivity contribution < 1.29 is 72.6 Å². The topological polar surface area (TPSA) is 320 Å². The molecule has 8 heterocycles. The number of β-amino-alcohol motifs (C(OH)–C–C–N with tert-alkyl or cyclic N) is 3. The third kappa shape index (κ3) is 23.0. The number of ether oxygens (including phenoxy) is 2. The molecular formula is C84H110ClF2N13O13. The lowest BCUT2D eigenvalue weighted by Gasteiger charge is -2.36. The van der Waals surface area contributed by atoms with E-state index in [1.165, 1.54) is 60.9 Å². The Labute approximate surface area is 666 Å². The summed E-state index contributed by atoms with van der Waals surface area (Å²) in [6, 6.07) is 49.8. The van der Waals surface area contributed by atoms with Crippen LogP contribution in [0.15, 0.2) is 180 Å². The van der Waals surface area contributed by atoms with Gasteiger partial charge in [-0.2, -0.15) is 10.2 Å². The van der Waals surface area contributed by atoms with Crippen molar-refractivity contribution in [2.45, 2.75) is 121 Å². The number of nitrogens with zero attached hydrogens (tertiary/aromatic N) is 10. The Bertz CT molecular complexity index is 4230. The first-order valence-corrected chi connectivity index (χ1v) is 38.2. The monoisotopic (exact) mass is 1580 g/mol. The van der Waals surface area contributed by atoms with E-state index in [1.807, 2.05) is 156 Å². The number of aliphatic hydroxyl groups excluding tert-OH is 1. The predicted octanol–water partition coefficient (Wildman–Crippen LogP) is 11.0. The van der Waals surface area contributed by atoms with Crippen molar-refractivity contribution in [3.63, 3.8) is 0 Å². The number of nitrogens with one attached hydrogen (secondary N) is 3. The number of likely N-dealkylation sites (N-methyl/N-ethyl adjacent to an activating group) is 3. The van der Waals surface area contributed by atoms with E-state index in [0.717, 1.165) is 105 Å². The second kappa shape index (κ2) is 41.4. The molecular weight excluding hydrogens is 1470 g/mol. The number of carboxylic acid groups (broad SMARTS) is 1. The summed E-state index contributed by atoms with van der Waals surface area (Å²) in [5, 5.41) is 65.2. The molecule has 113 heavy (non-hydrogen) atoms. The molecule has 610 valence electrons. The predicted molar refractivity (Wildman–Crippen MR) is 432 cm³/mol. The highest BCUT2D eigenvalue weighted by Gasteiger charge is 2.54. The average Bonchev–Trinajstić information content (AvgIpc) is 1.58. The van der Waals surface area contributed by atoms with Crippen LogP contribution in [-0.4, -0.2) is 231 Å². The highest BCUT2D eigenvalue weighted by molar-refractivity contribution is 6.62. The number of aromatic nitrogens is 2. The van der Waals surface area contributed by atoms with Crippen LogP contribution < -0.4 is 16.0 Å². The lowest BCUT2D eigenvalue weighted by molar-refractivity contribution is -0.122. The molecule has 0 aliphatic carbocycles. The number of rotatable bonds is 12. The van der Waals surface area contributed by atoms with E-state index in [4.69, 9.17) is 36.1 Å². The molecule has 4 amide bonds. The van der Waals surface area contributed by atoms with E-state index in [2.05, 4.69) is 71.6 Å². The quantitative estimate of drug-likeness (QED) is 0.0320. The van der Waals surface area contributed by atoms with Crippen molar-refractivity contribution in [1.29, 1.82) is 0 Å². The van der Waals surface area contributed by atoms with Crippen molar-refractivity contribution in [3.8, 4) is 0 Å². The van der Waals surface area contributed by atoms with Crippen molar-refractivity contribution in [2.75, 3.05) is 119 Å². The molecule has 5 saturated heterocycles. The molecule has 0 radical (unpaired) electrons. The molecule has 26 nitrogen and oxygen atoms in total. The Kier molecular flexibility index (Phi) is 33.1. The number of amidine groups is 1. The van der Waals surface area contributed by atoms with Gasteiger partial charge in [0.15, 0.2) is 5.60 Å². The highest BCUT2D eigenvalue weighted by atomic mass is 35.5. The van der Waals surface area contributed by atoms with E-state index in [-0.39, 0.29) is 43.5 Å². The van der Waals surface area contributed by atoms with Crippen LogP contribution in [0.2, 0.25) is 0 Å². The normalized spacial score (nSPS) is 22.0. The summed E-state index contributed by atoms with van der Waals surface area (Å²) >= 11 is 5.67. The number of halogens is 3. The van der Waals surface area contributed by atoms with Gasteiger partial charge in [0, 0.05) is 82.6 Å². The Morgan fingerprint density at radius 2 is 1.02 bits per heavy atom. The number of hydrogen-bond donors (Lipinski definition) is 8. The third-order valence-electron chi connectivity index (χ3n) is 21.0. The maximum atomic E-state index is 13.6. The Morgan fingerprint density at radius 3 is 1.41 bits per heavy atom. The Morgan fingerprint density at radius 1 is 0.584 bits per heavy atom. The summed E-state index contributed by atoms with van der Waals surface area (Å²) in [5.74, 6) is -1.77. The van der Waals surface area contributed by atoms with Crippen molar-refractivity contribution in [3.05, 3.63) is 226 Å². The van der Waals surface area contributed by atoms with Crippen LogP contribution in [0.3, 0.4) is 0 Å². The molecule has 7 aromatic rings. The lowest BCUT2D eigenvalue weighted by Crippen LogP contribution is -2.49. The standard InChI is InChI=1S/C26H28FN5O3.C18H18ClFN4O4.2C11H15NO.C10H13NO.C6H15N.CH2O2.CH4O/c1-25(2)21-20(22(30-29-21)28-23(33)17-9-11-19(27)12-10-17)15-32(25)24(34)35-26(13-14-31(3)16-26)18-7-5-4-6-8-18;1-4-28-17(27)24-14(21-15(25)10-5-7-11(20)8-6-10)12-9-23(16(19)26)18(2,3)13(12)22-24;2*1-12-8-7-11(13,9-12)10-5-3-2-4-6-10;12-10(6-7-11-8-10)9-4-2-1-3-5-9;1-4-7(5-2)6-3;2-1-3;1-2/h4-12,20H,13-16H2,1-3H3,(H,28,30,33);5-8H,4,9H2,1-3H3,(H,21,25);2*2-6,13H,7-9H2,1H3;1-5,11-12H,6-8H2;4-6H2,1-3H3;1H,(H,2,3);2H,1H3. The van der Waals surface area contributed by atoms with Crippen molar-refractivity contribution in [2.24, 2.45) is 16.1 Å². The molecule has 8 N–H and O–H groups in total. The molecule has 5 atom stereocenters. The Hall–Kier alpha value is -9.72. The van der Waals surface area contributed by atoms with Gasteiger partial charge in [0.2, 0.25) is 0 Å². The second-order valence-corrected chi connectivity index (χ2v) is 29.7. The van der Waals surface area contributed by atoms with Gasteiger partial charge in [-0.15, -0.1) is 9.78 Å². The zero-order chi connectivity index (χ0) is 82.9. The molecule has 7 aliphatic heterocycles. The zero-order valence-corrected chi connectivity index (χ0v) is 67.4. The van der Waals surface area contributed by atoms with Crippen LogP contribution in [0.4, 0.5) is 29.0 Å². The van der Waals surface area contributed by atoms with Crippen LogP contribution in [0, 0.1) is 17.6 Å². The molecule has 0 bridgehead atoms. The molecule has 6 aromatic carbocycles. The minimum Gasteiger partial charge on any atom is -0.483 e. The fourth-order valence-corrected chi connectivity index (χ4v) is 14.8. The number of aliphatic hydroxyl groups is 4. The average molecular weight is 1580 g/mol. The number of carbonyl (C=O) groups is 6. The summed E-state index contributed by atoms with van der Waals surface area (Å²) < 4.78 is 38.5. The maximum Gasteiger partial charge on any atom is 0.436 e. The van der Waals surface area contributed by atoms with Gasteiger partial charge in [0.1, 0.15) is 40.1 Å². The summed E-state index contributed by atoms with van der Waals surface area (Å²) in [5.41, 5.74) is 1.96. The van der Waals surface area contributed by atoms with E-state index in [9.17, 15) is 48.1 Å². The van der Waals surface area contributed by atoms with Gasteiger partial charge in [0.05, 0.1) is 41.6 Å². The molecule has 0 saturated carbocycles. The number of likely N-dealkylation sites (tertiary alicyclic amines) is 4. The van der Waals surface area contributed by atoms with E-state index < -0.39 is 74.5 Å². The van der Waals surface area contributed by atoms with Gasteiger partial charge >= 0.3 is 17.6 Å². The van der Waals surface area contributed by atoms with Gasteiger partial charge in [-0.1, -0.05) is 142 Å². The zero-order valence-electron chi connectivity index (χ0n) is 66.7. The smallest absolute Gasteiger partial charge is 0.436 e. The number of hydrogen-bond acceptors (Lipinski definition) is 20.